The van der Waals surface area contributed by atoms with Crippen LogP contribution in [0.15, 0.2) is 30.3 Å². The Hall–Kier alpha value is -2.57. The van der Waals surface area contributed by atoms with Crippen LogP contribution in [0.2, 0.25) is 0 Å². The van der Waals surface area contributed by atoms with Gasteiger partial charge in [-0.05, 0) is 35.9 Å². The molecule has 0 bridgehead atoms. The predicted molar refractivity (Wildman–Crippen MR) is 82.9 cm³/mol. The SMILES string of the molecule is COc1cc(CO)cc(C(=O)c2cc(OC)cc(CO)c2O)c1. The Labute approximate surface area is 133 Å². The minimum atomic E-state index is -0.468. The van der Waals surface area contributed by atoms with E-state index in [4.69, 9.17) is 9.47 Å². The van der Waals surface area contributed by atoms with E-state index >= 15 is 0 Å². The number of aromatic hydroxyl groups is 1. The summed E-state index contributed by atoms with van der Waals surface area (Å²) in [5, 5.41) is 28.8. The van der Waals surface area contributed by atoms with E-state index in [1.54, 1.807) is 6.07 Å². The van der Waals surface area contributed by atoms with Gasteiger partial charge in [-0.3, -0.25) is 4.79 Å². The molecule has 23 heavy (non-hydrogen) atoms. The number of aliphatic hydroxyl groups is 2. The first kappa shape index (κ1) is 16.8. The highest BCUT2D eigenvalue weighted by Crippen LogP contribution is 2.31. The molecule has 0 unspecified atom stereocenters. The van der Waals surface area contributed by atoms with Gasteiger partial charge in [0.05, 0.1) is 33.0 Å². The zero-order valence-corrected chi connectivity index (χ0v) is 12.9. The molecule has 0 saturated heterocycles. The van der Waals surface area contributed by atoms with Crippen molar-refractivity contribution in [3.8, 4) is 17.2 Å². The van der Waals surface area contributed by atoms with Crippen LogP contribution >= 0.6 is 0 Å². The molecule has 2 aromatic carbocycles. The van der Waals surface area contributed by atoms with Gasteiger partial charge in [-0.25, -0.2) is 0 Å². The fraction of sp³-hybridized carbons (Fsp3) is 0.235. The first-order valence-electron chi connectivity index (χ1n) is 6.88. The van der Waals surface area contributed by atoms with Crippen LogP contribution in [0.3, 0.4) is 0 Å². The summed E-state index contributed by atoms with van der Waals surface area (Å²) in [7, 11) is 2.88. The highest BCUT2D eigenvalue weighted by atomic mass is 16.5. The molecular weight excluding hydrogens is 300 g/mol. The van der Waals surface area contributed by atoms with Gasteiger partial charge >= 0.3 is 0 Å². The topological polar surface area (TPSA) is 96.2 Å². The summed E-state index contributed by atoms with van der Waals surface area (Å²) in [6, 6.07) is 7.49. The summed E-state index contributed by atoms with van der Waals surface area (Å²) >= 11 is 0. The zero-order chi connectivity index (χ0) is 17.0. The van der Waals surface area contributed by atoms with Gasteiger partial charge in [-0.15, -0.1) is 0 Å². The number of aliphatic hydroxyl groups excluding tert-OH is 2. The molecule has 0 aliphatic rings. The highest BCUT2D eigenvalue weighted by molar-refractivity contribution is 6.11. The Morgan fingerprint density at radius 2 is 1.61 bits per heavy atom. The summed E-state index contributed by atoms with van der Waals surface area (Å²) in [5.41, 5.74) is 0.960. The number of phenols is 1. The monoisotopic (exact) mass is 318 g/mol. The minimum Gasteiger partial charge on any atom is -0.507 e. The molecule has 0 aromatic heterocycles. The van der Waals surface area contributed by atoms with Crippen LogP contribution in [-0.4, -0.2) is 35.3 Å². The van der Waals surface area contributed by atoms with E-state index in [2.05, 4.69) is 0 Å². The van der Waals surface area contributed by atoms with Crippen LogP contribution in [-0.2, 0) is 13.2 Å². The molecule has 6 nitrogen and oxygen atoms in total. The minimum absolute atomic E-state index is 0.00513. The predicted octanol–water partition coefficient (Wildman–Crippen LogP) is 1.62. The number of ketones is 1. The zero-order valence-electron chi connectivity index (χ0n) is 12.9. The third-order valence-corrected chi connectivity index (χ3v) is 3.46. The Morgan fingerprint density at radius 3 is 2.17 bits per heavy atom. The number of carbonyl (C=O) groups is 1. The van der Waals surface area contributed by atoms with Crippen molar-refractivity contribution in [2.45, 2.75) is 13.2 Å². The van der Waals surface area contributed by atoms with Crippen LogP contribution in [0.5, 0.6) is 17.2 Å². The molecule has 0 fully saturated rings. The van der Waals surface area contributed by atoms with Crippen molar-refractivity contribution in [1.82, 2.24) is 0 Å². The van der Waals surface area contributed by atoms with Crippen molar-refractivity contribution in [3.05, 3.63) is 52.6 Å². The van der Waals surface area contributed by atoms with Crippen molar-refractivity contribution >= 4 is 5.78 Å². The molecule has 0 saturated carbocycles. The maximum atomic E-state index is 12.7. The number of hydrogen-bond donors (Lipinski definition) is 3. The van der Waals surface area contributed by atoms with Crippen LogP contribution < -0.4 is 9.47 Å². The Morgan fingerprint density at radius 1 is 0.957 bits per heavy atom. The van der Waals surface area contributed by atoms with Gasteiger partial charge in [0.1, 0.15) is 17.2 Å². The average Bonchev–Trinajstić information content (AvgIpc) is 2.60. The standard InChI is InChI=1S/C17H18O6/c1-22-13-4-10(8-18)3-11(5-13)16(20)15-7-14(23-2)6-12(9-19)17(15)21/h3-7,18-19,21H,8-9H2,1-2H3. The van der Waals surface area contributed by atoms with E-state index < -0.39 is 12.4 Å². The van der Waals surface area contributed by atoms with E-state index in [-0.39, 0.29) is 29.0 Å². The lowest BCUT2D eigenvalue weighted by Crippen LogP contribution is -2.05. The maximum absolute atomic E-state index is 12.7. The molecule has 0 atom stereocenters. The molecule has 0 aliphatic carbocycles. The van der Waals surface area contributed by atoms with Gasteiger partial charge in [0.25, 0.3) is 0 Å². The lowest BCUT2D eigenvalue weighted by atomic mass is 9.98. The Bertz CT molecular complexity index is 701. The van der Waals surface area contributed by atoms with Gasteiger partial charge in [0.15, 0.2) is 5.78 Å². The van der Waals surface area contributed by atoms with Crippen molar-refractivity contribution in [2.75, 3.05) is 14.2 Å². The van der Waals surface area contributed by atoms with Crippen molar-refractivity contribution < 1.29 is 29.6 Å². The summed E-state index contributed by atoms with van der Waals surface area (Å²) in [6.07, 6.45) is 0. The first-order valence-corrected chi connectivity index (χ1v) is 6.88. The molecule has 6 heteroatoms. The quantitative estimate of drug-likeness (QED) is 0.701. The second-order valence-electron chi connectivity index (χ2n) is 4.90. The summed E-state index contributed by atoms with van der Waals surface area (Å²) < 4.78 is 10.2. The fourth-order valence-electron chi connectivity index (χ4n) is 2.23. The molecule has 122 valence electrons. The maximum Gasteiger partial charge on any atom is 0.197 e. The number of carbonyl (C=O) groups excluding carboxylic acids is 1. The average molecular weight is 318 g/mol. The number of hydrogen-bond acceptors (Lipinski definition) is 6. The van der Waals surface area contributed by atoms with Gasteiger partial charge in [0, 0.05) is 11.1 Å². The molecule has 0 spiro atoms. The van der Waals surface area contributed by atoms with Gasteiger partial charge in [0.2, 0.25) is 0 Å². The second-order valence-corrected chi connectivity index (χ2v) is 4.90. The molecule has 0 radical (unpaired) electrons. The number of ether oxygens (including phenoxy) is 2. The van der Waals surface area contributed by atoms with Gasteiger partial charge in [-0.1, -0.05) is 0 Å². The summed E-state index contributed by atoms with van der Waals surface area (Å²) in [5.74, 6) is 0.00140. The molecule has 2 rings (SSSR count). The van der Waals surface area contributed by atoms with Crippen LogP contribution in [0, 0.1) is 0 Å². The molecule has 0 heterocycles. The van der Waals surface area contributed by atoms with E-state index in [1.807, 2.05) is 0 Å². The van der Waals surface area contributed by atoms with E-state index in [0.29, 0.717) is 17.1 Å². The number of benzene rings is 2. The van der Waals surface area contributed by atoms with Crippen LogP contribution in [0.25, 0.3) is 0 Å². The Balaban J connectivity index is 2.56. The van der Waals surface area contributed by atoms with E-state index in [9.17, 15) is 20.1 Å². The van der Waals surface area contributed by atoms with Crippen molar-refractivity contribution in [3.63, 3.8) is 0 Å². The highest BCUT2D eigenvalue weighted by Gasteiger charge is 2.19. The number of rotatable bonds is 6. The Kier molecular flexibility index (Phi) is 5.20. The third kappa shape index (κ3) is 3.44. The largest absolute Gasteiger partial charge is 0.507 e. The fourth-order valence-corrected chi connectivity index (χ4v) is 2.23. The third-order valence-electron chi connectivity index (χ3n) is 3.46. The summed E-state index contributed by atoms with van der Waals surface area (Å²) in [4.78, 5) is 12.7. The molecule has 2 aromatic rings. The van der Waals surface area contributed by atoms with E-state index in [0.717, 1.165) is 0 Å². The molecule has 0 amide bonds. The van der Waals surface area contributed by atoms with E-state index in [1.165, 1.54) is 38.5 Å². The lowest BCUT2D eigenvalue weighted by molar-refractivity contribution is 0.103. The van der Waals surface area contributed by atoms with Crippen LogP contribution in [0.4, 0.5) is 0 Å². The number of methoxy groups -OCH3 is 2. The normalized spacial score (nSPS) is 10.4. The van der Waals surface area contributed by atoms with Crippen LogP contribution in [0.1, 0.15) is 27.0 Å². The molecular formula is C17H18O6. The first-order chi connectivity index (χ1) is 11.0. The summed E-state index contributed by atoms with van der Waals surface area (Å²) in [6.45, 7) is -0.674. The smallest absolute Gasteiger partial charge is 0.197 e. The molecule has 3 N–H and O–H groups in total. The van der Waals surface area contributed by atoms with Crippen molar-refractivity contribution in [2.24, 2.45) is 0 Å². The molecule has 0 aliphatic heterocycles. The second kappa shape index (κ2) is 7.13. The lowest BCUT2D eigenvalue weighted by Gasteiger charge is -2.12. The van der Waals surface area contributed by atoms with Gasteiger partial charge < -0.3 is 24.8 Å². The van der Waals surface area contributed by atoms with Crippen molar-refractivity contribution in [1.29, 1.82) is 0 Å². The van der Waals surface area contributed by atoms with Gasteiger partial charge in [-0.2, -0.15) is 0 Å².